The Bertz CT molecular complexity index is 1010. The number of benzene rings is 2. The lowest BCUT2D eigenvalue weighted by Crippen LogP contribution is -2.53. The normalized spacial score (nSPS) is 23.4. The van der Waals surface area contributed by atoms with Gasteiger partial charge in [-0.1, -0.05) is 67.3 Å². The van der Waals surface area contributed by atoms with E-state index in [2.05, 4.69) is 6.92 Å². The Hall–Kier alpha value is -1.76. The van der Waals surface area contributed by atoms with Crippen molar-refractivity contribution >= 4 is 20.8 Å². The molecule has 0 aromatic heterocycles. The number of rotatable bonds is 7. The van der Waals surface area contributed by atoms with Gasteiger partial charge in [0.25, 0.3) is 0 Å². The van der Waals surface area contributed by atoms with Gasteiger partial charge < -0.3 is 0 Å². The molecule has 4 atom stereocenters. The summed E-state index contributed by atoms with van der Waals surface area (Å²) in [4.78, 5) is 1.02. The molecule has 162 valence electrons. The lowest BCUT2D eigenvalue weighted by molar-refractivity contribution is 0.264. The van der Waals surface area contributed by atoms with E-state index >= 15 is 0 Å². The Morgan fingerprint density at radius 2 is 1.50 bits per heavy atom. The van der Waals surface area contributed by atoms with Crippen LogP contribution in [0.3, 0.4) is 0 Å². The molecular formula is C24H31NO3S2. The Kier molecular flexibility index (Phi) is 7.32. The van der Waals surface area contributed by atoms with Crippen LogP contribution < -0.4 is 0 Å². The maximum Gasteiger partial charge on any atom is 0.243 e. The summed E-state index contributed by atoms with van der Waals surface area (Å²) < 4.78 is 42.3. The number of unbranched alkanes of at least 4 members (excludes halogenated alkanes) is 1. The van der Waals surface area contributed by atoms with E-state index in [1.54, 1.807) is 16.4 Å². The molecule has 0 radical (unpaired) electrons. The van der Waals surface area contributed by atoms with Gasteiger partial charge in [-0.3, -0.25) is 4.21 Å². The summed E-state index contributed by atoms with van der Waals surface area (Å²) in [7, 11) is -5.05. The van der Waals surface area contributed by atoms with Crippen molar-refractivity contribution in [3.63, 3.8) is 0 Å². The summed E-state index contributed by atoms with van der Waals surface area (Å²) in [6, 6.07) is 14.0. The maximum atomic E-state index is 13.6. The minimum atomic E-state index is -3.72. The highest BCUT2D eigenvalue weighted by Crippen LogP contribution is 2.33. The number of hydrogen-bond donors (Lipinski definition) is 0. The van der Waals surface area contributed by atoms with Gasteiger partial charge in [-0.15, -0.1) is 0 Å². The van der Waals surface area contributed by atoms with Crippen LogP contribution in [0.1, 0.15) is 44.2 Å². The van der Waals surface area contributed by atoms with Gasteiger partial charge in [0, 0.05) is 17.0 Å². The largest absolute Gasteiger partial charge is 0.254 e. The molecule has 0 bridgehead atoms. The first-order valence-corrected chi connectivity index (χ1v) is 13.2. The van der Waals surface area contributed by atoms with Crippen LogP contribution >= 0.6 is 0 Å². The predicted octanol–water partition coefficient (Wildman–Crippen LogP) is 4.99. The van der Waals surface area contributed by atoms with E-state index in [9.17, 15) is 12.6 Å². The van der Waals surface area contributed by atoms with Crippen LogP contribution in [-0.4, -0.2) is 34.3 Å². The monoisotopic (exact) mass is 445 g/mol. The number of sulfonamides is 1. The van der Waals surface area contributed by atoms with Crippen molar-refractivity contribution in [1.29, 1.82) is 0 Å². The summed E-state index contributed by atoms with van der Waals surface area (Å²) in [5.41, 5.74) is 2.12. The van der Waals surface area contributed by atoms with Crippen LogP contribution in [0.4, 0.5) is 0 Å². The molecule has 6 heteroatoms. The molecule has 0 N–H and O–H groups in total. The fourth-order valence-corrected chi connectivity index (χ4v) is 7.31. The zero-order valence-electron chi connectivity index (χ0n) is 18.1. The highest BCUT2D eigenvalue weighted by atomic mass is 32.2. The zero-order valence-corrected chi connectivity index (χ0v) is 19.7. The molecular weight excluding hydrogens is 414 g/mol. The molecule has 0 amide bonds. The van der Waals surface area contributed by atoms with E-state index in [0.717, 1.165) is 28.9 Å². The number of nitrogens with zero attached hydrogens (tertiary/aromatic N) is 1. The summed E-state index contributed by atoms with van der Waals surface area (Å²) in [5, 5.41) is -0.379. The Morgan fingerprint density at radius 3 is 2.07 bits per heavy atom. The van der Waals surface area contributed by atoms with E-state index in [-0.39, 0.29) is 22.2 Å². The van der Waals surface area contributed by atoms with Gasteiger partial charge in [0.1, 0.15) is 0 Å². The minimum Gasteiger partial charge on any atom is -0.254 e. The molecule has 3 rings (SSSR count). The Morgan fingerprint density at radius 1 is 0.933 bits per heavy atom. The predicted molar refractivity (Wildman–Crippen MR) is 123 cm³/mol. The molecule has 0 aliphatic carbocycles. The lowest BCUT2D eigenvalue weighted by atomic mass is 10.0. The molecule has 0 spiro atoms. The van der Waals surface area contributed by atoms with E-state index in [1.165, 1.54) is 0 Å². The molecule has 0 unspecified atom stereocenters. The van der Waals surface area contributed by atoms with Gasteiger partial charge >= 0.3 is 0 Å². The third-order valence-electron chi connectivity index (χ3n) is 5.64. The highest BCUT2D eigenvalue weighted by molar-refractivity contribution is 7.89. The minimum absolute atomic E-state index is 0.288. The van der Waals surface area contributed by atoms with Gasteiger partial charge in [-0.25, -0.2) is 8.42 Å². The van der Waals surface area contributed by atoms with E-state index < -0.39 is 20.8 Å². The van der Waals surface area contributed by atoms with Crippen molar-refractivity contribution in [2.24, 2.45) is 0 Å². The molecule has 0 fully saturated rings. The van der Waals surface area contributed by atoms with Crippen LogP contribution in [0, 0.1) is 13.8 Å². The smallest absolute Gasteiger partial charge is 0.243 e. The van der Waals surface area contributed by atoms with Gasteiger partial charge in [0.05, 0.1) is 20.9 Å². The van der Waals surface area contributed by atoms with Crippen molar-refractivity contribution in [3.8, 4) is 0 Å². The first-order chi connectivity index (χ1) is 14.3. The summed E-state index contributed by atoms with van der Waals surface area (Å²) in [6.07, 6.45) is 6.36. The van der Waals surface area contributed by atoms with E-state index in [4.69, 9.17) is 0 Å². The molecule has 1 aliphatic rings. The number of hydrogen-bond acceptors (Lipinski definition) is 3. The third-order valence-corrected chi connectivity index (χ3v) is 9.37. The second-order valence-corrected chi connectivity index (χ2v) is 11.5. The SMILES string of the molecule is CCCC[C@H]1[C@H]([S@@](=O)c2ccc(C)cc2)C=C[C@H](C)N1S(=O)(=O)c1ccc(C)cc1. The quantitative estimate of drug-likeness (QED) is 0.564. The van der Waals surface area contributed by atoms with Crippen LogP contribution in [0.15, 0.2) is 70.5 Å². The topological polar surface area (TPSA) is 54.5 Å². The van der Waals surface area contributed by atoms with Crippen molar-refractivity contribution in [3.05, 3.63) is 71.8 Å². The maximum absolute atomic E-state index is 13.6. The second-order valence-electron chi connectivity index (χ2n) is 8.06. The van der Waals surface area contributed by atoms with Crippen molar-refractivity contribution in [1.82, 2.24) is 4.31 Å². The molecule has 2 aromatic carbocycles. The van der Waals surface area contributed by atoms with Crippen LogP contribution in [0.25, 0.3) is 0 Å². The van der Waals surface area contributed by atoms with Crippen LogP contribution in [0.5, 0.6) is 0 Å². The molecule has 0 saturated heterocycles. The number of aryl methyl sites for hydroxylation is 2. The summed E-state index contributed by atoms with van der Waals surface area (Å²) in [5.74, 6) is 0. The van der Waals surface area contributed by atoms with Crippen molar-refractivity contribution in [2.75, 3.05) is 0 Å². The van der Waals surface area contributed by atoms with Crippen molar-refractivity contribution in [2.45, 2.75) is 74.1 Å². The molecule has 4 nitrogen and oxygen atoms in total. The van der Waals surface area contributed by atoms with Crippen molar-refractivity contribution < 1.29 is 12.6 Å². The van der Waals surface area contributed by atoms with Crippen LogP contribution in [-0.2, 0) is 20.8 Å². The zero-order chi connectivity index (χ0) is 21.9. The Labute approximate surface area is 183 Å². The first-order valence-electron chi connectivity index (χ1n) is 10.5. The fourth-order valence-electron chi connectivity index (χ4n) is 3.91. The Balaban J connectivity index is 2.03. The molecule has 2 aromatic rings. The highest BCUT2D eigenvalue weighted by Gasteiger charge is 2.42. The van der Waals surface area contributed by atoms with Gasteiger partial charge in [-0.2, -0.15) is 4.31 Å². The van der Waals surface area contributed by atoms with E-state index in [0.29, 0.717) is 6.42 Å². The molecule has 1 heterocycles. The van der Waals surface area contributed by atoms with Crippen LogP contribution in [0.2, 0.25) is 0 Å². The first kappa shape index (κ1) is 22.9. The molecule has 0 saturated carbocycles. The van der Waals surface area contributed by atoms with Gasteiger partial charge in [0.15, 0.2) is 0 Å². The van der Waals surface area contributed by atoms with Gasteiger partial charge in [-0.05, 0) is 51.5 Å². The average molecular weight is 446 g/mol. The van der Waals surface area contributed by atoms with Gasteiger partial charge in [0.2, 0.25) is 10.0 Å². The standard InChI is InChI=1S/C24H31NO3S2/c1-5-6-7-23-24(29(26)21-13-8-18(2)9-14-21)17-12-20(4)25(23)30(27,28)22-15-10-19(3)11-16-22/h8-17,20,23-24H,5-7H2,1-4H3/t20-,23-,24+,29-/m0/s1. The molecule has 1 aliphatic heterocycles. The fraction of sp³-hybridized carbons (Fsp3) is 0.417. The molecule has 30 heavy (non-hydrogen) atoms. The summed E-state index contributed by atoms with van der Waals surface area (Å²) >= 11 is 0. The summed E-state index contributed by atoms with van der Waals surface area (Å²) in [6.45, 7) is 7.92. The lowest BCUT2D eigenvalue weighted by Gasteiger charge is -2.40. The average Bonchev–Trinajstić information content (AvgIpc) is 2.72. The van der Waals surface area contributed by atoms with E-state index in [1.807, 2.05) is 69.3 Å². The second kappa shape index (κ2) is 9.58. The third kappa shape index (κ3) is 4.76.